The van der Waals surface area contributed by atoms with Gasteiger partial charge in [0.25, 0.3) is 0 Å². The van der Waals surface area contributed by atoms with Crippen LogP contribution >= 0.6 is 15.9 Å². The first-order chi connectivity index (χ1) is 9.15. The van der Waals surface area contributed by atoms with Gasteiger partial charge >= 0.3 is 0 Å². The summed E-state index contributed by atoms with van der Waals surface area (Å²) in [5.74, 6) is 0.785. The number of halogens is 1. The van der Waals surface area contributed by atoms with Crippen LogP contribution in [0.15, 0.2) is 57.4 Å². The van der Waals surface area contributed by atoms with E-state index in [1.54, 1.807) is 0 Å². The van der Waals surface area contributed by atoms with E-state index in [1.165, 1.54) is 5.56 Å². The first-order valence-electron chi connectivity index (χ1n) is 6.15. The molecule has 2 aromatic carbocycles. The average molecular weight is 316 g/mol. The molecule has 1 atom stereocenters. The molecule has 3 aromatic rings. The summed E-state index contributed by atoms with van der Waals surface area (Å²) in [7, 11) is 0. The van der Waals surface area contributed by atoms with Crippen molar-refractivity contribution in [3.05, 3.63) is 69.9 Å². The Kier molecular flexibility index (Phi) is 3.17. The molecule has 0 amide bonds. The van der Waals surface area contributed by atoms with Crippen molar-refractivity contribution >= 4 is 26.9 Å². The van der Waals surface area contributed by atoms with Gasteiger partial charge in [0.15, 0.2) is 0 Å². The summed E-state index contributed by atoms with van der Waals surface area (Å²) < 4.78 is 6.84. The fourth-order valence-electron chi connectivity index (χ4n) is 2.21. The van der Waals surface area contributed by atoms with E-state index in [1.807, 2.05) is 36.4 Å². The van der Waals surface area contributed by atoms with Crippen LogP contribution in [0.3, 0.4) is 0 Å². The van der Waals surface area contributed by atoms with Gasteiger partial charge in [-0.2, -0.15) is 0 Å². The van der Waals surface area contributed by atoms with Crippen molar-refractivity contribution in [1.29, 1.82) is 0 Å². The van der Waals surface area contributed by atoms with Crippen LogP contribution in [0.2, 0.25) is 0 Å². The number of benzene rings is 2. The summed E-state index contributed by atoms with van der Waals surface area (Å²) in [5, 5.41) is 1.08. The molecule has 3 heteroatoms. The van der Waals surface area contributed by atoms with E-state index >= 15 is 0 Å². The number of fused-ring (bicyclic) bond motifs is 1. The van der Waals surface area contributed by atoms with Crippen LogP contribution in [0.25, 0.3) is 11.0 Å². The number of furan rings is 1. The maximum absolute atomic E-state index is 6.33. The second-order valence-corrected chi connectivity index (χ2v) is 5.54. The molecular formula is C16H14BrNO. The number of rotatable bonds is 2. The molecule has 1 unspecified atom stereocenters. The molecule has 96 valence electrons. The van der Waals surface area contributed by atoms with E-state index in [-0.39, 0.29) is 6.04 Å². The van der Waals surface area contributed by atoms with Gasteiger partial charge in [0.05, 0.1) is 6.04 Å². The largest absolute Gasteiger partial charge is 0.459 e. The van der Waals surface area contributed by atoms with E-state index in [0.717, 1.165) is 26.8 Å². The highest BCUT2D eigenvalue weighted by atomic mass is 79.9. The zero-order valence-corrected chi connectivity index (χ0v) is 12.1. The molecule has 0 aliphatic heterocycles. The fraction of sp³-hybridized carbons (Fsp3) is 0.125. The molecule has 2 nitrogen and oxygen atoms in total. The van der Waals surface area contributed by atoms with Gasteiger partial charge in [-0.25, -0.2) is 0 Å². The van der Waals surface area contributed by atoms with E-state index in [2.05, 4.69) is 35.0 Å². The lowest BCUT2D eigenvalue weighted by molar-refractivity contribution is 0.524. The van der Waals surface area contributed by atoms with E-state index in [4.69, 9.17) is 10.2 Å². The highest BCUT2D eigenvalue weighted by molar-refractivity contribution is 9.10. The van der Waals surface area contributed by atoms with Gasteiger partial charge in [-0.15, -0.1) is 0 Å². The van der Waals surface area contributed by atoms with E-state index in [0.29, 0.717) is 0 Å². The molecule has 1 aromatic heterocycles. The van der Waals surface area contributed by atoms with Crippen LogP contribution in [-0.4, -0.2) is 0 Å². The Bertz CT molecular complexity index is 699. The van der Waals surface area contributed by atoms with Crippen LogP contribution in [0.4, 0.5) is 0 Å². The van der Waals surface area contributed by atoms with Gasteiger partial charge in [0.2, 0.25) is 0 Å². The molecule has 0 saturated carbocycles. The van der Waals surface area contributed by atoms with Crippen molar-refractivity contribution in [3.63, 3.8) is 0 Å². The van der Waals surface area contributed by atoms with Crippen molar-refractivity contribution in [2.75, 3.05) is 0 Å². The molecule has 0 fully saturated rings. The van der Waals surface area contributed by atoms with Gasteiger partial charge in [0.1, 0.15) is 11.3 Å². The van der Waals surface area contributed by atoms with E-state index in [9.17, 15) is 0 Å². The molecule has 2 N–H and O–H groups in total. The lowest BCUT2D eigenvalue weighted by Gasteiger charge is -2.12. The lowest BCUT2D eigenvalue weighted by atomic mass is 10.0. The molecule has 0 aliphatic carbocycles. The molecule has 1 heterocycles. The third-order valence-corrected chi connectivity index (χ3v) is 3.96. The summed E-state index contributed by atoms with van der Waals surface area (Å²) in [6.45, 7) is 2.06. The summed E-state index contributed by atoms with van der Waals surface area (Å²) >= 11 is 3.55. The van der Waals surface area contributed by atoms with Gasteiger partial charge < -0.3 is 10.2 Å². The maximum atomic E-state index is 6.33. The minimum Gasteiger partial charge on any atom is -0.459 e. The Morgan fingerprint density at radius 2 is 1.89 bits per heavy atom. The zero-order valence-electron chi connectivity index (χ0n) is 10.6. The monoisotopic (exact) mass is 315 g/mol. The van der Waals surface area contributed by atoms with Crippen LogP contribution in [-0.2, 0) is 0 Å². The first kappa shape index (κ1) is 12.5. The number of aryl methyl sites for hydroxylation is 1. The normalized spacial score (nSPS) is 12.8. The second kappa shape index (κ2) is 4.83. The smallest absolute Gasteiger partial charge is 0.134 e. The van der Waals surface area contributed by atoms with Crippen LogP contribution in [0.1, 0.15) is 22.9 Å². The Labute approximate surface area is 120 Å². The number of nitrogens with two attached hydrogens (primary N) is 1. The first-order valence-corrected chi connectivity index (χ1v) is 6.94. The summed E-state index contributed by atoms with van der Waals surface area (Å²) in [4.78, 5) is 0. The minimum atomic E-state index is -0.262. The number of hydrogen-bond acceptors (Lipinski definition) is 2. The fourth-order valence-corrected chi connectivity index (χ4v) is 2.70. The third kappa shape index (κ3) is 2.31. The van der Waals surface area contributed by atoms with Crippen molar-refractivity contribution in [1.82, 2.24) is 0 Å². The summed E-state index contributed by atoms with van der Waals surface area (Å²) in [5.41, 5.74) is 9.42. The Hall–Kier alpha value is -1.58. The Morgan fingerprint density at radius 3 is 2.68 bits per heavy atom. The second-order valence-electron chi connectivity index (χ2n) is 4.69. The number of hydrogen-bond donors (Lipinski definition) is 1. The van der Waals surface area contributed by atoms with Gasteiger partial charge in [-0.05, 0) is 30.7 Å². The molecule has 0 spiro atoms. The van der Waals surface area contributed by atoms with Crippen molar-refractivity contribution < 1.29 is 4.42 Å². The predicted octanol–water partition coefficient (Wildman–Crippen LogP) is 4.55. The summed E-state index contributed by atoms with van der Waals surface area (Å²) in [6.07, 6.45) is 0. The molecule has 0 radical (unpaired) electrons. The van der Waals surface area contributed by atoms with Crippen LogP contribution in [0, 0.1) is 6.92 Å². The molecule has 0 aliphatic rings. The molecule has 3 rings (SSSR count). The van der Waals surface area contributed by atoms with E-state index < -0.39 is 0 Å². The standard InChI is InChI=1S/C16H14BrNO/c1-10-6-7-13(17)12(8-10)16(18)15-9-11-4-2-3-5-14(11)19-15/h2-9,16H,18H2,1H3. The van der Waals surface area contributed by atoms with Crippen molar-refractivity contribution in [2.45, 2.75) is 13.0 Å². The van der Waals surface area contributed by atoms with Crippen molar-refractivity contribution in [2.24, 2.45) is 5.73 Å². The average Bonchev–Trinajstić information content (AvgIpc) is 2.84. The minimum absolute atomic E-state index is 0.262. The molecular weight excluding hydrogens is 302 g/mol. The predicted molar refractivity (Wildman–Crippen MR) is 81.1 cm³/mol. The zero-order chi connectivity index (χ0) is 13.4. The van der Waals surface area contributed by atoms with Crippen LogP contribution in [0.5, 0.6) is 0 Å². The highest BCUT2D eigenvalue weighted by Crippen LogP contribution is 2.31. The quantitative estimate of drug-likeness (QED) is 0.753. The number of para-hydroxylation sites is 1. The topological polar surface area (TPSA) is 39.2 Å². The Balaban J connectivity index is 2.07. The SMILES string of the molecule is Cc1ccc(Br)c(C(N)c2cc3ccccc3o2)c1. The van der Waals surface area contributed by atoms with Crippen LogP contribution < -0.4 is 5.73 Å². The Morgan fingerprint density at radius 1 is 1.11 bits per heavy atom. The third-order valence-electron chi connectivity index (χ3n) is 3.24. The lowest BCUT2D eigenvalue weighted by Crippen LogP contribution is -2.11. The van der Waals surface area contributed by atoms with Gasteiger partial charge in [0, 0.05) is 9.86 Å². The summed E-state index contributed by atoms with van der Waals surface area (Å²) in [6, 6.07) is 15.8. The van der Waals surface area contributed by atoms with Gasteiger partial charge in [-0.3, -0.25) is 0 Å². The van der Waals surface area contributed by atoms with Gasteiger partial charge in [-0.1, -0.05) is 51.8 Å². The molecule has 19 heavy (non-hydrogen) atoms. The van der Waals surface area contributed by atoms with Crippen molar-refractivity contribution in [3.8, 4) is 0 Å². The molecule has 0 bridgehead atoms. The highest BCUT2D eigenvalue weighted by Gasteiger charge is 2.16. The molecule has 0 saturated heterocycles. The maximum Gasteiger partial charge on any atom is 0.134 e.